The van der Waals surface area contributed by atoms with Gasteiger partial charge in [0, 0.05) is 9.26 Å². The Balaban J connectivity index is 1.46. The number of benzene rings is 2. The van der Waals surface area contributed by atoms with E-state index in [0.717, 1.165) is 27.0 Å². The van der Waals surface area contributed by atoms with Crippen LogP contribution in [0.4, 0.5) is 5.69 Å². The summed E-state index contributed by atoms with van der Waals surface area (Å²) in [5.74, 6) is 1.18. The molecular formula is C20H20IN3O3S. The van der Waals surface area contributed by atoms with Crippen molar-refractivity contribution in [1.82, 2.24) is 10.2 Å². The molecule has 6 nitrogen and oxygen atoms in total. The fourth-order valence-electron chi connectivity index (χ4n) is 2.40. The number of carbonyl (C=O) groups excluding carboxylic acids is 1. The summed E-state index contributed by atoms with van der Waals surface area (Å²) in [6.07, 6.45) is 0.987. The van der Waals surface area contributed by atoms with E-state index in [9.17, 15) is 4.79 Å². The number of aromatic nitrogens is 2. The zero-order chi connectivity index (χ0) is 19.9. The fraction of sp³-hybridized carbons (Fsp3) is 0.250. The quantitative estimate of drug-likeness (QED) is 0.346. The Morgan fingerprint density at radius 2 is 2.00 bits per heavy atom. The summed E-state index contributed by atoms with van der Waals surface area (Å²) in [6, 6.07) is 13.8. The molecule has 0 saturated carbocycles. The predicted octanol–water partition coefficient (Wildman–Crippen LogP) is 4.85. The molecule has 1 heterocycles. The lowest BCUT2D eigenvalue weighted by Crippen LogP contribution is -2.14. The van der Waals surface area contributed by atoms with Crippen LogP contribution in [0.5, 0.6) is 5.75 Å². The number of thioether (sulfide) groups is 1. The fourth-order valence-corrected chi connectivity index (χ4v) is 3.63. The first-order chi connectivity index (χ1) is 13.5. The summed E-state index contributed by atoms with van der Waals surface area (Å²) in [5.41, 5.74) is 3.08. The van der Waals surface area contributed by atoms with Crippen molar-refractivity contribution in [2.24, 2.45) is 0 Å². The first-order valence-electron chi connectivity index (χ1n) is 8.76. The molecule has 0 radical (unpaired) electrons. The number of aryl methyl sites for hydroxylation is 2. The minimum Gasteiger partial charge on any atom is -0.484 e. The maximum absolute atomic E-state index is 12.1. The van der Waals surface area contributed by atoms with Crippen LogP contribution in [0.3, 0.4) is 0 Å². The van der Waals surface area contributed by atoms with E-state index in [1.807, 2.05) is 49.4 Å². The van der Waals surface area contributed by atoms with Crippen molar-refractivity contribution in [3.05, 3.63) is 63.1 Å². The highest BCUT2D eigenvalue weighted by molar-refractivity contribution is 14.1. The minimum absolute atomic E-state index is 0.124. The summed E-state index contributed by atoms with van der Waals surface area (Å²) in [5, 5.41) is 11.1. The standard InChI is InChI=1S/C20H20IN3O3S/c1-3-14-4-7-16(8-5-14)26-11-19-23-24-20(27-19)28-12-18(25)22-17-9-6-15(21)10-13(17)2/h4-10H,3,11-12H2,1-2H3,(H,22,25). The molecule has 0 bridgehead atoms. The highest BCUT2D eigenvalue weighted by atomic mass is 127. The third kappa shape index (κ3) is 5.96. The number of ether oxygens (including phenoxy) is 1. The van der Waals surface area contributed by atoms with E-state index in [0.29, 0.717) is 11.1 Å². The van der Waals surface area contributed by atoms with Gasteiger partial charge in [-0.2, -0.15) is 0 Å². The molecule has 0 aliphatic rings. The lowest BCUT2D eigenvalue weighted by molar-refractivity contribution is -0.113. The predicted molar refractivity (Wildman–Crippen MR) is 118 cm³/mol. The second-order valence-corrected chi connectivity index (χ2v) is 8.22. The Labute approximate surface area is 181 Å². The van der Waals surface area contributed by atoms with Gasteiger partial charge in [-0.25, -0.2) is 0 Å². The number of nitrogens with one attached hydrogen (secondary N) is 1. The van der Waals surface area contributed by atoms with Crippen LogP contribution in [-0.2, 0) is 17.8 Å². The van der Waals surface area contributed by atoms with Gasteiger partial charge >= 0.3 is 0 Å². The molecule has 0 aliphatic heterocycles. The molecule has 0 unspecified atom stereocenters. The number of carbonyl (C=O) groups is 1. The van der Waals surface area contributed by atoms with Crippen LogP contribution in [-0.4, -0.2) is 21.9 Å². The maximum Gasteiger partial charge on any atom is 0.277 e. The molecule has 3 rings (SSSR count). The topological polar surface area (TPSA) is 77.2 Å². The molecule has 0 atom stereocenters. The van der Waals surface area contributed by atoms with Gasteiger partial charge in [0.15, 0.2) is 6.61 Å². The molecule has 0 spiro atoms. The molecule has 1 aromatic heterocycles. The van der Waals surface area contributed by atoms with Crippen molar-refractivity contribution in [2.45, 2.75) is 32.1 Å². The third-order valence-corrected chi connectivity index (χ3v) is 5.42. The second-order valence-electron chi connectivity index (χ2n) is 6.04. The van der Waals surface area contributed by atoms with Crippen molar-refractivity contribution >= 4 is 45.9 Å². The molecule has 146 valence electrons. The molecule has 1 N–H and O–H groups in total. The Bertz CT molecular complexity index is 944. The van der Waals surface area contributed by atoms with Crippen LogP contribution in [0.25, 0.3) is 0 Å². The molecule has 1 amide bonds. The smallest absolute Gasteiger partial charge is 0.277 e. The van der Waals surface area contributed by atoms with Gasteiger partial charge in [0.25, 0.3) is 11.1 Å². The number of hydrogen-bond donors (Lipinski definition) is 1. The van der Waals surface area contributed by atoms with Crippen LogP contribution in [0, 0.1) is 10.5 Å². The molecule has 28 heavy (non-hydrogen) atoms. The second kappa shape index (κ2) is 9.92. The van der Waals surface area contributed by atoms with Crippen LogP contribution in [0.2, 0.25) is 0 Å². The van der Waals surface area contributed by atoms with E-state index in [1.54, 1.807) is 0 Å². The average molecular weight is 509 g/mol. The van der Waals surface area contributed by atoms with Gasteiger partial charge in [0.1, 0.15) is 5.75 Å². The number of hydrogen-bond acceptors (Lipinski definition) is 6. The van der Waals surface area contributed by atoms with Gasteiger partial charge in [-0.15, -0.1) is 10.2 Å². The number of anilines is 1. The number of amides is 1. The summed E-state index contributed by atoms with van der Waals surface area (Å²) in [7, 11) is 0. The Hall–Kier alpha value is -2.07. The van der Waals surface area contributed by atoms with Crippen LogP contribution >= 0.6 is 34.4 Å². The number of rotatable bonds is 8. The van der Waals surface area contributed by atoms with Crippen LogP contribution in [0.1, 0.15) is 23.9 Å². The highest BCUT2D eigenvalue weighted by Crippen LogP contribution is 2.21. The molecule has 3 aromatic rings. The van der Waals surface area contributed by atoms with Gasteiger partial charge in [-0.3, -0.25) is 4.79 Å². The molecule has 0 aliphatic carbocycles. The van der Waals surface area contributed by atoms with Gasteiger partial charge in [-0.05, 0) is 77.4 Å². The van der Waals surface area contributed by atoms with Gasteiger partial charge in [0.2, 0.25) is 5.91 Å². The molecule has 8 heteroatoms. The lowest BCUT2D eigenvalue weighted by atomic mass is 10.2. The lowest BCUT2D eigenvalue weighted by Gasteiger charge is -2.07. The number of halogens is 1. The van der Waals surface area contributed by atoms with Crippen LogP contribution < -0.4 is 10.1 Å². The normalized spacial score (nSPS) is 10.7. The van der Waals surface area contributed by atoms with Crippen molar-refractivity contribution in [3.63, 3.8) is 0 Å². The Morgan fingerprint density at radius 1 is 1.21 bits per heavy atom. The van der Waals surface area contributed by atoms with Crippen molar-refractivity contribution in [3.8, 4) is 5.75 Å². The summed E-state index contributed by atoms with van der Waals surface area (Å²) in [4.78, 5) is 12.1. The first-order valence-corrected chi connectivity index (χ1v) is 10.8. The first kappa shape index (κ1) is 20.7. The van der Waals surface area contributed by atoms with Gasteiger partial charge in [0.05, 0.1) is 5.75 Å². The third-order valence-electron chi connectivity index (χ3n) is 3.93. The summed E-state index contributed by atoms with van der Waals surface area (Å²) < 4.78 is 12.3. The van der Waals surface area contributed by atoms with Gasteiger partial charge in [-0.1, -0.05) is 30.8 Å². The van der Waals surface area contributed by atoms with Crippen molar-refractivity contribution in [1.29, 1.82) is 0 Å². The number of nitrogens with zero attached hydrogens (tertiary/aromatic N) is 2. The zero-order valence-corrected chi connectivity index (χ0v) is 18.5. The summed E-state index contributed by atoms with van der Waals surface area (Å²) >= 11 is 3.44. The molecule has 0 fully saturated rings. The van der Waals surface area contributed by atoms with E-state index in [2.05, 4.69) is 45.0 Å². The minimum atomic E-state index is -0.124. The average Bonchev–Trinajstić information content (AvgIpc) is 3.15. The van der Waals surface area contributed by atoms with E-state index >= 15 is 0 Å². The summed E-state index contributed by atoms with van der Waals surface area (Å²) in [6.45, 7) is 4.26. The molecular weight excluding hydrogens is 489 g/mol. The van der Waals surface area contributed by atoms with E-state index in [4.69, 9.17) is 9.15 Å². The maximum atomic E-state index is 12.1. The largest absolute Gasteiger partial charge is 0.484 e. The molecule has 0 saturated heterocycles. The Kier molecular flexibility index (Phi) is 7.32. The highest BCUT2D eigenvalue weighted by Gasteiger charge is 2.11. The Morgan fingerprint density at radius 3 is 2.71 bits per heavy atom. The van der Waals surface area contributed by atoms with E-state index in [-0.39, 0.29) is 18.3 Å². The van der Waals surface area contributed by atoms with E-state index in [1.165, 1.54) is 17.3 Å². The van der Waals surface area contributed by atoms with Crippen molar-refractivity contribution < 1.29 is 13.9 Å². The zero-order valence-electron chi connectivity index (χ0n) is 15.6. The SMILES string of the molecule is CCc1ccc(OCc2nnc(SCC(=O)Nc3ccc(I)cc3C)o2)cc1. The van der Waals surface area contributed by atoms with Crippen LogP contribution in [0.15, 0.2) is 52.1 Å². The van der Waals surface area contributed by atoms with Crippen molar-refractivity contribution in [2.75, 3.05) is 11.1 Å². The monoisotopic (exact) mass is 509 g/mol. The van der Waals surface area contributed by atoms with E-state index < -0.39 is 0 Å². The molecule has 2 aromatic carbocycles. The van der Waals surface area contributed by atoms with Gasteiger partial charge < -0.3 is 14.5 Å².